The topological polar surface area (TPSA) is 53.4 Å². The van der Waals surface area contributed by atoms with E-state index in [9.17, 15) is 4.79 Å². The molecule has 3 heterocycles. The maximum Gasteiger partial charge on any atom is 0.300 e. The van der Waals surface area contributed by atoms with Gasteiger partial charge in [0.25, 0.3) is 6.01 Å². The number of aryl methyl sites for hydroxylation is 1. The normalized spacial score (nSPS) is 29.2. The second kappa shape index (κ2) is 4.68. The van der Waals surface area contributed by atoms with Gasteiger partial charge in [0, 0.05) is 11.5 Å². The SMILES string of the molecule is C=Cc1c(C)nc2n1C1OCCC3=C1C(C=C(C=O)C3C)O2. The standard InChI is InChI=1S/C17H18N2O3/c1-4-13-10(3)18-17-19(13)16-15-12(5-6-21-16)9(2)11(8-20)7-14(15)22-17/h4,7-9,14,16H,1,5-6H2,2-3H3. The van der Waals surface area contributed by atoms with Crippen molar-refractivity contribution in [2.75, 3.05) is 6.61 Å². The minimum atomic E-state index is -0.260. The predicted molar refractivity (Wildman–Crippen MR) is 81.4 cm³/mol. The summed E-state index contributed by atoms with van der Waals surface area (Å²) in [5, 5.41) is 0. The number of ether oxygens (including phenoxy) is 2. The molecule has 1 aromatic heterocycles. The van der Waals surface area contributed by atoms with Crippen LogP contribution in [0, 0.1) is 12.8 Å². The van der Waals surface area contributed by atoms with Gasteiger partial charge in [0.15, 0.2) is 6.23 Å². The molecule has 22 heavy (non-hydrogen) atoms. The second-order valence-corrected chi connectivity index (χ2v) is 5.94. The van der Waals surface area contributed by atoms with E-state index in [0.29, 0.717) is 12.6 Å². The highest BCUT2D eigenvalue weighted by molar-refractivity contribution is 5.76. The third kappa shape index (κ3) is 1.63. The lowest BCUT2D eigenvalue weighted by Crippen LogP contribution is -2.40. The van der Waals surface area contributed by atoms with Crippen molar-refractivity contribution >= 4 is 12.4 Å². The summed E-state index contributed by atoms with van der Waals surface area (Å²) in [6.45, 7) is 8.52. The summed E-state index contributed by atoms with van der Waals surface area (Å²) in [5.41, 5.74) is 4.96. The number of carbonyl (C=O) groups excluding carboxylic acids is 1. The van der Waals surface area contributed by atoms with Gasteiger partial charge in [0.05, 0.1) is 18.0 Å². The molecule has 0 spiro atoms. The van der Waals surface area contributed by atoms with Crippen LogP contribution in [-0.2, 0) is 9.53 Å². The summed E-state index contributed by atoms with van der Waals surface area (Å²) in [6, 6.07) is 0.531. The molecule has 0 bridgehead atoms. The fourth-order valence-electron chi connectivity index (χ4n) is 3.73. The van der Waals surface area contributed by atoms with Gasteiger partial charge in [-0.05, 0) is 31.1 Å². The Labute approximate surface area is 128 Å². The zero-order valence-corrected chi connectivity index (χ0v) is 12.7. The van der Waals surface area contributed by atoms with Gasteiger partial charge in [-0.25, -0.2) is 0 Å². The summed E-state index contributed by atoms with van der Waals surface area (Å²) in [5.74, 6) is 0.122. The number of nitrogens with zero attached hydrogens (tertiary/aromatic N) is 2. The summed E-state index contributed by atoms with van der Waals surface area (Å²) in [4.78, 5) is 15.8. The highest BCUT2D eigenvalue weighted by Gasteiger charge is 2.43. The average Bonchev–Trinajstić information content (AvgIpc) is 2.85. The van der Waals surface area contributed by atoms with E-state index in [2.05, 4.69) is 18.5 Å². The van der Waals surface area contributed by atoms with E-state index in [0.717, 1.165) is 35.2 Å². The number of hydrogen-bond donors (Lipinski definition) is 0. The van der Waals surface area contributed by atoms with E-state index in [1.807, 2.05) is 17.6 Å². The molecule has 114 valence electrons. The molecule has 0 saturated heterocycles. The van der Waals surface area contributed by atoms with Crippen LogP contribution < -0.4 is 4.74 Å². The lowest BCUT2D eigenvalue weighted by atomic mass is 9.78. The summed E-state index contributed by atoms with van der Waals surface area (Å²) in [6.07, 6.45) is 4.99. The highest BCUT2D eigenvalue weighted by Crippen LogP contribution is 2.46. The smallest absolute Gasteiger partial charge is 0.300 e. The minimum Gasteiger partial charge on any atom is -0.452 e. The van der Waals surface area contributed by atoms with E-state index in [1.54, 1.807) is 6.08 Å². The Hall–Kier alpha value is -2.14. The molecule has 5 nitrogen and oxygen atoms in total. The van der Waals surface area contributed by atoms with Crippen LogP contribution in [0.15, 0.2) is 29.4 Å². The van der Waals surface area contributed by atoms with Crippen molar-refractivity contribution in [2.24, 2.45) is 5.92 Å². The van der Waals surface area contributed by atoms with Gasteiger partial charge >= 0.3 is 0 Å². The molecule has 0 amide bonds. The number of rotatable bonds is 2. The largest absolute Gasteiger partial charge is 0.452 e. The summed E-state index contributed by atoms with van der Waals surface area (Å²) >= 11 is 0. The zero-order valence-electron chi connectivity index (χ0n) is 12.7. The maximum atomic E-state index is 11.3. The van der Waals surface area contributed by atoms with Crippen molar-refractivity contribution in [3.8, 4) is 6.01 Å². The van der Waals surface area contributed by atoms with Crippen LogP contribution in [0.5, 0.6) is 6.01 Å². The van der Waals surface area contributed by atoms with Crippen molar-refractivity contribution in [3.63, 3.8) is 0 Å². The number of allylic oxidation sites excluding steroid dienone is 1. The molecule has 0 saturated carbocycles. The van der Waals surface area contributed by atoms with Gasteiger partial charge in [-0.15, -0.1) is 0 Å². The Balaban J connectivity index is 1.94. The lowest BCUT2D eigenvalue weighted by molar-refractivity contribution is -0.105. The number of fused-ring (bicyclic) bond motifs is 2. The molecule has 0 aromatic carbocycles. The van der Waals surface area contributed by atoms with Gasteiger partial charge in [-0.1, -0.05) is 19.1 Å². The third-order valence-electron chi connectivity index (χ3n) is 4.85. The first-order valence-electron chi connectivity index (χ1n) is 7.55. The predicted octanol–water partition coefficient (Wildman–Crippen LogP) is 2.59. The maximum absolute atomic E-state index is 11.3. The molecular weight excluding hydrogens is 280 g/mol. The van der Waals surface area contributed by atoms with Crippen molar-refractivity contribution in [1.82, 2.24) is 9.55 Å². The molecule has 0 N–H and O–H groups in total. The van der Waals surface area contributed by atoms with Gasteiger partial charge in [-0.3, -0.25) is 9.36 Å². The Morgan fingerprint density at radius 1 is 1.50 bits per heavy atom. The van der Waals surface area contributed by atoms with E-state index in [-0.39, 0.29) is 18.2 Å². The van der Waals surface area contributed by atoms with Crippen molar-refractivity contribution in [3.05, 3.63) is 40.8 Å². The third-order valence-corrected chi connectivity index (χ3v) is 4.85. The average molecular weight is 298 g/mol. The highest BCUT2D eigenvalue weighted by atomic mass is 16.5. The zero-order chi connectivity index (χ0) is 15.4. The quantitative estimate of drug-likeness (QED) is 0.622. The Morgan fingerprint density at radius 2 is 2.32 bits per heavy atom. The molecular formula is C17H18N2O3. The van der Waals surface area contributed by atoms with Crippen LogP contribution in [0.2, 0.25) is 0 Å². The van der Waals surface area contributed by atoms with Gasteiger partial charge in [0.2, 0.25) is 0 Å². The Bertz CT molecular complexity index is 741. The number of aldehydes is 1. The summed E-state index contributed by atoms with van der Waals surface area (Å²) in [7, 11) is 0. The van der Waals surface area contributed by atoms with Gasteiger partial charge in [-0.2, -0.15) is 4.98 Å². The van der Waals surface area contributed by atoms with Crippen LogP contribution >= 0.6 is 0 Å². The van der Waals surface area contributed by atoms with Crippen molar-refractivity contribution in [1.29, 1.82) is 0 Å². The molecule has 2 aliphatic heterocycles. The van der Waals surface area contributed by atoms with Crippen LogP contribution in [0.3, 0.4) is 0 Å². The monoisotopic (exact) mass is 298 g/mol. The van der Waals surface area contributed by atoms with Gasteiger partial charge in [0.1, 0.15) is 12.4 Å². The number of imidazole rings is 1. The minimum absolute atomic E-state index is 0.122. The number of carbonyl (C=O) groups is 1. The molecule has 0 fully saturated rings. The second-order valence-electron chi connectivity index (χ2n) is 5.94. The van der Waals surface area contributed by atoms with Crippen molar-refractivity contribution in [2.45, 2.75) is 32.6 Å². The van der Waals surface area contributed by atoms with Crippen LogP contribution in [0.1, 0.15) is 31.0 Å². The van der Waals surface area contributed by atoms with Gasteiger partial charge < -0.3 is 9.47 Å². The first-order valence-corrected chi connectivity index (χ1v) is 7.55. The van der Waals surface area contributed by atoms with E-state index in [4.69, 9.17) is 9.47 Å². The first-order chi connectivity index (χ1) is 10.7. The van der Waals surface area contributed by atoms with Crippen LogP contribution in [-0.4, -0.2) is 28.5 Å². The number of aromatic nitrogens is 2. The Morgan fingerprint density at radius 3 is 3.05 bits per heavy atom. The molecule has 0 radical (unpaired) electrons. The van der Waals surface area contributed by atoms with Crippen molar-refractivity contribution < 1.29 is 14.3 Å². The molecule has 1 aromatic rings. The molecule has 5 heteroatoms. The molecule has 3 atom stereocenters. The summed E-state index contributed by atoms with van der Waals surface area (Å²) < 4.78 is 14.1. The Kier molecular flexibility index (Phi) is 2.87. The van der Waals surface area contributed by atoms with E-state index < -0.39 is 0 Å². The first kappa shape index (κ1) is 13.5. The molecule has 3 aliphatic rings. The van der Waals surface area contributed by atoms with E-state index in [1.165, 1.54) is 5.57 Å². The fraction of sp³-hybridized carbons (Fsp3) is 0.412. The molecule has 1 aliphatic carbocycles. The molecule has 4 rings (SSSR count). The molecule has 3 unspecified atom stereocenters. The lowest BCUT2D eigenvalue weighted by Gasteiger charge is -2.42. The van der Waals surface area contributed by atoms with E-state index >= 15 is 0 Å². The number of hydrogen-bond acceptors (Lipinski definition) is 4. The fourth-order valence-corrected chi connectivity index (χ4v) is 3.73. The van der Waals surface area contributed by atoms with Crippen LogP contribution in [0.25, 0.3) is 6.08 Å². The van der Waals surface area contributed by atoms with Crippen LogP contribution in [0.4, 0.5) is 0 Å².